The second-order valence-corrected chi connectivity index (χ2v) is 4.90. The first kappa shape index (κ1) is 11.7. The van der Waals surface area contributed by atoms with Crippen molar-refractivity contribution in [2.75, 3.05) is 18.0 Å². The van der Waals surface area contributed by atoms with Crippen molar-refractivity contribution >= 4 is 17.3 Å². The number of nitrogens with two attached hydrogens (primary N) is 1. The van der Waals surface area contributed by atoms with E-state index >= 15 is 0 Å². The van der Waals surface area contributed by atoms with E-state index < -0.39 is 0 Å². The monoisotopic (exact) mass is 238 g/mol. The fraction of sp³-hybridized carbons (Fsp3) is 0.538. The molecule has 16 heavy (non-hydrogen) atoms. The summed E-state index contributed by atoms with van der Waals surface area (Å²) in [5, 5.41) is 0.770. The van der Waals surface area contributed by atoms with Crippen LogP contribution in [0.2, 0.25) is 5.02 Å². The van der Waals surface area contributed by atoms with Gasteiger partial charge in [-0.15, -0.1) is 0 Å². The molecule has 2 nitrogen and oxygen atoms in total. The molecule has 0 spiro atoms. The van der Waals surface area contributed by atoms with Gasteiger partial charge in [0.15, 0.2) is 0 Å². The highest BCUT2D eigenvalue weighted by molar-refractivity contribution is 6.30. The van der Waals surface area contributed by atoms with Crippen molar-refractivity contribution < 1.29 is 0 Å². The SMILES string of the molecule is CCN(CC1CC1)c1ccc(Cl)cc1CN. The van der Waals surface area contributed by atoms with E-state index in [0.29, 0.717) is 6.54 Å². The van der Waals surface area contributed by atoms with Gasteiger partial charge in [0.25, 0.3) is 0 Å². The van der Waals surface area contributed by atoms with Crippen LogP contribution in [0.25, 0.3) is 0 Å². The van der Waals surface area contributed by atoms with E-state index in [9.17, 15) is 0 Å². The van der Waals surface area contributed by atoms with E-state index in [4.69, 9.17) is 17.3 Å². The molecule has 88 valence electrons. The molecule has 1 aliphatic carbocycles. The molecule has 0 atom stereocenters. The van der Waals surface area contributed by atoms with Crippen molar-refractivity contribution in [2.24, 2.45) is 11.7 Å². The van der Waals surface area contributed by atoms with Crippen LogP contribution in [0, 0.1) is 5.92 Å². The Morgan fingerprint density at radius 1 is 1.44 bits per heavy atom. The molecule has 0 heterocycles. The lowest BCUT2D eigenvalue weighted by atomic mass is 10.1. The van der Waals surface area contributed by atoms with Crippen molar-refractivity contribution in [3.8, 4) is 0 Å². The summed E-state index contributed by atoms with van der Waals surface area (Å²) in [6, 6.07) is 6.02. The van der Waals surface area contributed by atoms with Gasteiger partial charge in [-0.25, -0.2) is 0 Å². The van der Waals surface area contributed by atoms with Gasteiger partial charge in [0, 0.05) is 30.3 Å². The zero-order valence-corrected chi connectivity index (χ0v) is 10.5. The lowest BCUT2D eigenvalue weighted by Gasteiger charge is -2.25. The minimum atomic E-state index is 0.553. The van der Waals surface area contributed by atoms with Crippen LogP contribution in [0.4, 0.5) is 5.69 Å². The topological polar surface area (TPSA) is 29.3 Å². The van der Waals surface area contributed by atoms with Crippen molar-refractivity contribution in [1.29, 1.82) is 0 Å². The standard InChI is InChI=1S/C13H19ClN2/c1-2-16(9-10-3-4-10)13-6-5-12(14)7-11(13)8-15/h5-7,10H,2-4,8-9,15H2,1H3. The first-order valence-corrected chi connectivity index (χ1v) is 6.35. The van der Waals surface area contributed by atoms with Gasteiger partial charge >= 0.3 is 0 Å². The minimum Gasteiger partial charge on any atom is -0.371 e. The maximum Gasteiger partial charge on any atom is 0.0412 e. The summed E-state index contributed by atoms with van der Waals surface area (Å²) in [6.45, 7) is 4.94. The zero-order valence-electron chi connectivity index (χ0n) is 9.75. The minimum absolute atomic E-state index is 0.553. The van der Waals surface area contributed by atoms with E-state index in [-0.39, 0.29) is 0 Å². The molecular formula is C13H19ClN2. The lowest BCUT2D eigenvalue weighted by molar-refractivity contribution is 0.737. The molecule has 1 fully saturated rings. The number of hydrogen-bond acceptors (Lipinski definition) is 2. The van der Waals surface area contributed by atoms with Crippen molar-refractivity contribution in [2.45, 2.75) is 26.3 Å². The third-order valence-corrected chi connectivity index (χ3v) is 3.39. The van der Waals surface area contributed by atoms with Crippen molar-refractivity contribution in [3.05, 3.63) is 28.8 Å². The maximum absolute atomic E-state index is 5.99. The Morgan fingerprint density at radius 3 is 2.75 bits per heavy atom. The first-order chi connectivity index (χ1) is 7.74. The second kappa shape index (κ2) is 5.07. The molecule has 0 saturated heterocycles. The van der Waals surface area contributed by atoms with E-state index in [1.165, 1.54) is 18.5 Å². The summed E-state index contributed by atoms with van der Waals surface area (Å²) in [5.41, 5.74) is 8.17. The van der Waals surface area contributed by atoms with Gasteiger partial charge in [0.1, 0.15) is 0 Å². The number of benzene rings is 1. The Morgan fingerprint density at radius 2 is 2.19 bits per heavy atom. The molecule has 1 saturated carbocycles. The van der Waals surface area contributed by atoms with Crippen LogP contribution in [0.5, 0.6) is 0 Å². The second-order valence-electron chi connectivity index (χ2n) is 4.46. The molecule has 0 amide bonds. The van der Waals surface area contributed by atoms with Gasteiger partial charge in [-0.05, 0) is 49.4 Å². The molecule has 0 bridgehead atoms. The van der Waals surface area contributed by atoms with Crippen LogP contribution >= 0.6 is 11.6 Å². The van der Waals surface area contributed by atoms with E-state index in [1.54, 1.807) is 0 Å². The molecule has 2 rings (SSSR count). The van der Waals surface area contributed by atoms with Crippen LogP contribution < -0.4 is 10.6 Å². The Labute approximate surface area is 102 Å². The molecule has 0 radical (unpaired) electrons. The van der Waals surface area contributed by atoms with Crippen LogP contribution in [0.3, 0.4) is 0 Å². The molecule has 0 aromatic heterocycles. The predicted octanol–water partition coefficient (Wildman–Crippen LogP) is 3.04. The largest absolute Gasteiger partial charge is 0.371 e. The van der Waals surface area contributed by atoms with E-state index in [2.05, 4.69) is 17.9 Å². The van der Waals surface area contributed by atoms with Crippen LogP contribution in [-0.2, 0) is 6.54 Å². The smallest absolute Gasteiger partial charge is 0.0412 e. The van der Waals surface area contributed by atoms with Gasteiger partial charge < -0.3 is 10.6 Å². The van der Waals surface area contributed by atoms with Crippen LogP contribution in [0.15, 0.2) is 18.2 Å². The van der Waals surface area contributed by atoms with E-state index in [0.717, 1.165) is 29.6 Å². The summed E-state index contributed by atoms with van der Waals surface area (Å²) in [7, 11) is 0. The number of hydrogen-bond donors (Lipinski definition) is 1. The lowest BCUT2D eigenvalue weighted by Crippen LogP contribution is -2.26. The molecule has 1 aromatic rings. The molecule has 2 N–H and O–H groups in total. The molecule has 0 unspecified atom stereocenters. The zero-order chi connectivity index (χ0) is 11.5. The average molecular weight is 239 g/mol. The van der Waals surface area contributed by atoms with Crippen LogP contribution in [-0.4, -0.2) is 13.1 Å². The fourth-order valence-electron chi connectivity index (χ4n) is 2.04. The quantitative estimate of drug-likeness (QED) is 0.855. The summed E-state index contributed by atoms with van der Waals surface area (Å²) in [5.74, 6) is 0.890. The van der Waals surface area contributed by atoms with Crippen LogP contribution in [0.1, 0.15) is 25.3 Å². The Balaban J connectivity index is 2.21. The molecule has 1 aromatic carbocycles. The highest BCUT2D eigenvalue weighted by Crippen LogP contribution is 2.32. The van der Waals surface area contributed by atoms with Gasteiger partial charge in [-0.1, -0.05) is 11.6 Å². The molecule has 1 aliphatic rings. The average Bonchev–Trinajstić information content (AvgIpc) is 3.10. The summed E-state index contributed by atoms with van der Waals surface area (Å²) in [6.07, 6.45) is 2.75. The Kier molecular flexibility index (Phi) is 3.72. The summed E-state index contributed by atoms with van der Waals surface area (Å²) in [4.78, 5) is 2.41. The number of rotatable bonds is 5. The first-order valence-electron chi connectivity index (χ1n) is 5.98. The third kappa shape index (κ3) is 2.69. The highest BCUT2D eigenvalue weighted by atomic mass is 35.5. The molecule has 3 heteroatoms. The number of halogens is 1. The van der Waals surface area contributed by atoms with Gasteiger partial charge in [-0.2, -0.15) is 0 Å². The summed E-state index contributed by atoms with van der Waals surface area (Å²) >= 11 is 5.99. The molecule has 0 aliphatic heterocycles. The summed E-state index contributed by atoms with van der Waals surface area (Å²) < 4.78 is 0. The van der Waals surface area contributed by atoms with Gasteiger partial charge in [0.2, 0.25) is 0 Å². The van der Waals surface area contributed by atoms with E-state index in [1.807, 2.05) is 12.1 Å². The Bertz CT molecular complexity index is 361. The Hall–Kier alpha value is -0.730. The highest BCUT2D eigenvalue weighted by Gasteiger charge is 2.24. The van der Waals surface area contributed by atoms with Crippen molar-refractivity contribution in [3.63, 3.8) is 0 Å². The number of nitrogens with zero attached hydrogens (tertiary/aromatic N) is 1. The molecular weight excluding hydrogens is 220 g/mol. The predicted molar refractivity (Wildman–Crippen MR) is 70.0 cm³/mol. The van der Waals surface area contributed by atoms with Gasteiger partial charge in [0.05, 0.1) is 0 Å². The van der Waals surface area contributed by atoms with Gasteiger partial charge in [-0.3, -0.25) is 0 Å². The normalized spacial score (nSPS) is 15.2. The van der Waals surface area contributed by atoms with Crippen molar-refractivity contribution in [1.82, 2.24) is 0 Å². The fourth-order valence-corrected chi connectivity index (χ4v) is 2.23. The maximum atomic E-state index is 5.99. The third-order valence-electron chi connectivity index (χ3n) is 3.16. The number of anilines is 1.